The van der Waals surface area contributed by atoms with Gasteiger partial charge >= 0.3 is 0 Å². The van der Waals surface area contributed by atoms with Crippen LogP contribution >= 0.6 is 0 Å². The first-order chi connectivity index (χ1) is 8.38. The maximum Gasteiger partial charge on any atom is 0.0953 e. The van der Waals surface area contributed by atoms with Crippen molar-refractivity contribution in [1.29, 1.82) is 0 Å². The van der Waals surface area contributed by atoms with Gasteiger partial charge in [-0.2, -0.15) is 0 Å². The Labute approximate surface area is 105 Å². The summed E-state index contributed by atoms with van der Waals surface area (Å²) in [4.78, 5) is 0. The van der Waals surface area contributed by atoms with Crippen LogP contribution in [0.4, 0.5) is 0 Å². The van der Waals surface area contributed by atoms with E-state index in [1.807, 2.05) is 25.1 Å². The molecule has 0 spiro atoms. The maximum absolute atomic E-state index is 5.87. The van der Waals surface area contributed by atoms with Crippen molar-refractivity contribution in [3.05, 3.63) is 48.0 Å². The second-order valence-corrected chi connectivity index (χ2v) is 4.01. The quantitative estimate of drug-likeness (QED) is 0.549. The molecule has 2 nitrogen and oxygen atoms in total. The van der Waals surface area contributed by atoms with Crippen LogP contribution in [0.25, 0.3) is 0 Å². The van der Waals surface area contributed by atoms with Crippen molar-refractivity contribution >= 4 is 0 Å². The van der Waals surface area contributed by atoms with Gasteiger partial charge in [0.05, 0.1) is 12.7 Å². The van der Waals surface area contributed by atoms with E-state index in [9.17, 15) is 0 Å². The zero-order chi connectivity index (χ0) is 12.3. The Morgan fingerprint density at radius 1 is 1.29 bits per heavy atom. The largest absolute Gasteiger partial charge is 0.368 e. The summed E-state index contributed by atoms with van der Waals surface area (Å²) in [6, 6.07) is 10.4. The number of allylic oxidation sites excluding steroid dienone is 1. The minimum atomic E-state index is 0.138. The van der Waals surface area contributed by atoms with E-state index in [0.717, 1.165) is 19.5 Å². The van der Waals surface area contributed by atoms with Gasteiger partial charge in [-0.1, -0.05) is 49.4 Å². The summed E-state index contributed by atoms with van der Waals surface area (Å²) < 4.78 is 5.87. The van der Waals surface area contributed by atoms with Crippen molar-refractivity contribution in [1.82, 2.24) is 5.32 Å². The number of benzene rings is 1. The van der Waals surface area contributed by atoms with Crippen LogP contribution in [0, 0.1) is 0 Å². The number of nitrogens with one attached hydrogen (secondary N) is 1. The van der Waals surface area contributed by atoms with Crippen LogP contribution in [-0.4, -0.2) is 19.7 Å². The summed E-state index contributed by atoms with van der Waals surface area (Å²) in [7, 11) is 0. The molecule has 0 amide bonds. The average molecular weight is 233 g/mol. The molecule has 0 saturated carbocycles. The van der Waals surface area contributed by atoms with Crippen LogP contribution in [0.2, 0.25) is 0 Å². The lowest BCUT2D eigenvalue weighted by Crippen LogP contribution is -2.24. The fourth-order valence-corrected chi connectivity index (χ4v) is 1.62. The van der Waals surface area contributed by atoms with Gasteiger partial charge in [0.25, 0.3) is 0 Å². The molecule has 0 aliphatic rings. The fourth-order valence-electron chi connectivity index (χ4n) is 1.62. The van der Waals surface area contributed by atoms with Crippen LogP contribution in [0.1, 0.15) is 31.9 Å². The summed E-state index contributed by atoms with van der Waals surface area (Å²) in [5.41, 5.74) is 1.24. The minimum Gasteiger partial charge on any atom is -0.368 e. The highest BCUT2D eigenvalue weighted by Gasteiger charge is 2.09. The molecule has 1 aromatic rings. The van der Waals surface area contributed by atoms with Crippen LogP contribution < -0.4 is 5.32 Å². The first kappa shape index (κ1) is 13.9. The predicted molar refractivity (Wildman–Crippen MR) is 73.1 cm³/mol. The average Bonchev–Trinajstić information content (AvgIpc) is 2.38. The molecule has 0 heterocycles. The van der Waals surface area contributed by atoms with Crippen molar-refractivity contribution in [2.75, 3.05) is 19.7 Å². The van der Waals surface area contributed by atoms with Crippen molar-refractivity contribution in [3.8, 4) is 0 Å². The lowest BCUT2D eigenvalue weighted by molar-refractivity contribution is 0.0738. The molecular weight excluding hydrogens is 210 g/mol. The Morgan fingerprint density at radius 2 is 2.06 bits per heavy atom. The normalized spacial score (nSPS) is 13.1. The monoisotopic (exact) mass is 233 g/mol. The summed E-state index contributed by atoms with van der Waals surface area (Å²) in [6.45, 7) is 6.76. The second-order valence-electron chi connectivity index (χ2n) is 4.01. The summed E-state index contributed by atoms with van der Waals surface area (Å²) in [6.07, 6.45) is 5.34. The Morgan fingerprint density at radius 3 is 2.71 bits per heavy atom. The Hall–Kier alpha value is -1.12. The van der Waals surface area contributed by atoms with E-state index >= 15 is 0 Å². The van der Waals surface area contributed by atoms with Gasteiger partial charge in [0.15, 0.2) is 0 Å². The van der Waals surface area contributed by atoms with Crippen molar-refractivity contribution in [2.24, 2.45) is 0 Å². The lowest BCUT2D eigenvalue weighted by Gasteiger charge is -2.18. The third-order valence-corrected chi connectivity index (χ3v) is 2.56. The second kappa shape index (κ2) is 8.97. The SMILES string of the molecule is CC=CCOC(CNCCC)c1ccccc1. The molecule has 0 aliphatic heterocycles. The van der Waals surface area contributed by atoms with Gasteiger partial charge in [0.2, 0.25) is 0 Å². The van der Waals surface area contributed by atoms with E-state index in [-0.39, 0.29) is 6.10 Å². The number of rotatable bonds is 8. The van der Waals surface area contributed by atoms with Gasteiger partial charge in [-0.25, -0.2) is 0 Å². The molecule has 1 atom stereocenters. The highest BCUT2D eigenvalue weighted by Crippen LogP contribution is 2.16. The van der Waals surface area contributed by atoms with Gasteiger partial charge in [0.1, 0.15) is 0 Å². The number of hydrogen-bond acceptors (Lipinski definition) is 2. The van der Waals surface area contributed by atoms with E-state index in [4.69, 9.17) is 4.74 Å². The van der Waals surface area contributed by atoms with Gasteiger partial charge in [0, 0.05) is 6.54 Å². The van der Waals surface area contributed by atoms with Crippen molar-refractivity contribution < 1.29 is 4.74 Å². The molecule has 1 N–H and O–H groups in total. The minimum absolute atomic E-state index is 0.138. The van der Waals surface area contributed by atoms with Crippen LogP contribution in [0.3, 0.4) is 0 Å². The van der Waals surface area contributed by atoms with Crippen LogP contribution in [0.15, 0.2) is 42.5 Å². The van der Waals surface area contributed by atoms with Crippen molar-refractivity contribution in [2.45, 2.75) is 26.4 Å². The number of hydrogen-bond donors (Lipinski definition) is 1. The van der Waals surface area contributed by atoms with Gasteiger partial charge in [-0.05, 0) is 25.5 Å². The highest BCUT2D eigenvalue weighted by atomic mass is 16.5. The van der Waals surface area contributed by atoms with Crippen molar-refractivity contribution in [3.63, 3.8) is 0 Å². The summed E-state index contributed by atoms with van der Waals surface area (Å²) in [5, 5.41) is 3.41. The highest BCUT2D eigenvalue weighted by molar-refractivity contribution is 5.18. The molecule has 0 bridgehead atoms. The lowest BCUT2D eigenvalue weighted by atomic mass is 10.1. The van der Waals surface area contributed by atoms with Gasteiger partial charge in [-0.3, -0.25) is 0 Å². The third kappa shape index (κ3) is 5.66. The van der Waals surface area contributed by atoms with E-state index < -0.39 is 0 Å². The standard InChI is InChI=1S/C15H23NO/c1-3-5-12-17-15(13-16-11-4-2)14-9-7-6-8-10-14/h3,5-10,15-16H,4,11-13H2,1-2H3. The summed E-state index contributed by atoms with van der Waals surface area (Å²) in [5.74, 6) is 0. The Kier molecular flexibility index (Phi) is 7.35. The first-order valence-corrected chi connectivity index (χ1v) is 6.37. The zero-order valence-corrected chi connectivity index (χ0v) is 10.9. The topological polar surface area (TPSA) is 21.3 Å². The molecule has 94 valence electrons. The van der Waals surface area contributed by atoms with E-state index in [0.29, 0.717) is 6.61 Å². The molecule has 17 heavy (non-hydrogen) atoms. The first-order valence-electron chi connectivity index (χ1n) is 6.37. The molecule has 1 aromatic carbocycles. The maximum atomic E-state index is 5.87. The molecule has 1 unspecified atom stereocenters. The molecule has 2 heteroatoms. The zero-order valence-electron chi connectivity index (χ0n) is 10.9. The molecule has 0 aromatic heterocycles. The van der Waals surface area contributed by atoms with E-state index in [2.05, 4.69) is 36.5 Å². The predicted octanol–water partition coefficient (Wildman–Crippen LogP) is 3.32. The molecule has 0 fully saturated rings. The molecular formula is C15H23NO. The Balaban J connectivity index is 2.52. The van der Waals surface area contributed by atoms with Crippen LogP contribution in [0.5, 0.6) is 0 Å². The Bertz CT molecular complexity index is 308. The molecule has 1 rings (SSSR count). The van der Waals surface area contributed by atoms with Gasteiger partial charge < -0.3 is 10.1 Å². The summed E-state index contributed by atoms with van der Waals surface area (Å²) >= 11 is 0. The van der Waals surface area contributed by atoms with Crippen LogP contribution in [-0.2, 0) is 4.74 Å². The molecule has 0 saturated heterocycles. The number of ether oxygens (including phenoxy) is 1. The fraction of sp³-hybridized carbons (Fsp3) is 0.467. The van der Waals surface area contributed by atoms with Gasteiger partial charge in [-0.15, -0.1) is 0 Å². The smallest absolute Gasteiger partial charge is 0.0953 e. The van der Waals surface area contributed by atoms with E-state index in [1.165, 1.54) is 5.56 Å². The molecule has 0 radical (unpaired) electrons. The van der Waals surface area contributed by atoms with E-state index in [1.54, 1.807) is 0 Å². The third-order valence-electron chi connectivity index (χ3n) is 2.56. The molecule has 0 aliphatic carbocycles.